The molecule has 2 aromatic carbocycles. The fourth-order valence-corrected chi connectivity index (χ4v) is 3.37. The molecular formula is C21H20N6O3. The quantitative estimate of drug-likeness (QED) is 0.515. The van der Waals surface area contributed by atoms with Crippen molar-refractivity contribution in [2.75, 3.05) is 36.4 Å². The fourth-order valence-electron chi connectivity index (χ4n) is 3.37. The largest absolute Gasteiger partial charge is 0.352 e. The molecule has 30 heavy (non-hydrogen) atoms. The Bertz CT molecular complexity index is 1040. The summed E-state index contributed by atoms with van der Waals surface area (Å²) in [7, 11) is 0. The SMILES string of the molecule is O=C(c1ccc(Nc2ccccc2)c([N+](=O)[O-])c1)N1CCN(c2cnccn2)CC1. The van der Waals surface area contributed by atoms with Crippen molar-refractivity contribution in [1.29, 1.82) is 0 Å². The van der Waals surface area contributed by atoms with Crippen molar-refractivity contribution in [2.45, 2.75) is 0 Å². The predicted octanol–water partition coefficient (Wildman–Crippen LogP) is 3.09. The van der Waals surface area contributed by atoms with Crippen LogP contribution in [0.2, 0.25) is 0 Å². The molecule has 9 nitrogen and oxygen atoms in total. The van der Waals surface area contributed by atoms with Crippen LogP contribution in [0.1, 0.15) is 10.4 Å². The van der Waals surface area contributed by atoms with E-state index < -0.39 is 4.92 Å². The fraction of sp³-hybridized carbons (Fsp3) is 0.190. The van der Waals surface area contributed by atoms with Crippen LogP contribution in [0.4, 0.5) is 22.9 Å². The van der Waals surface area contributed by atoms with Gasteiger partial charge in [0.2, 0.25) is 0 Å². The number of carbonyl (C=O) groups excluding carboxylic acids is 1. The van der Waals surface area contributed by atoms with Crippen LogP contribution in [-0.4, -0.2) is 51.9 Å². The van der Waals surface area contributed by atoms with E-state index in [0.29, 0.717) is 37.4 Å². The van der Waals surface area contributed by atoms with Crippen LogP contribution in [0, 0.1) is 10.1 Å². The van der Waals surface area contributed by atoms with E-state index in [1.165, 1.54) is 6.07 Å². The summed E-state index contributed by atoms with van der Waals surface area (Å²) in [5, 5.41) is 14.6. The van der Waals surface area contributed by atoms with Crippen LogP contribution < -0.4 is 10.2 Å². The van der Waals surface area contributed by atoms with Gasteiger partial charge >= 0.3 is 0 Å². The first kappa shape index (κ1) is 19.3. The number of hydrogen-bond donors (Lipinski definition) is 1. The molecule has 0 saturated carbocycles. The summed E-state index contributed by atoms with van der Waals surface area (Å²) in [6, 6.07) is 13.7. The van der Waals surface area contributed by atoms with E-state index in [1.54, 1.807) is 35.6 Å². The number of rotatable bonds is 5. The minimum absolute atomic E-state index is 0.136. The van der Waals surface area contributed by atoms with Crippen LogP contribution in [0.25, 0.3) is 0 Å². The van der Waals surface area contributed by atoms with Gasteiger partial charge in [-0.1, -0.05) is 18.2 Å². The molecule has 4 rings (SSSR count). The van der Waals surface area contributed by atoms with Gasteiger partial charge in [0.25, 0.3) is 11.6 Å². The predicted molar refractivity (Wildman–Crippen MR) is 113 cm³/mol. The van der Waals surface area contributed by atoms with Crippen molar-refractivity contribution in [3.8, 4) is 0 Å². The monoisotopic (exact) mass is 404 g/mol. The van der Waals surface area contributed by atoms with E-state index in [0.717, 1.165) is 11.5 Å². The number of nitrogens with zero attached hydrogens (tertiary/aromatic N) is 5. The number of piperazine rings is 1. The average molecular weight is 404 g/mol. The number of amides is 1. The molecule has 1 fully saturated rings. The third kappa shape index (κ3) is 4.19. The number of nitrogens with one attached hydrogen (secondary N) is 1. The number of hydrogen-bond acceptors (Lipinski definition) is 7. The zero-order chi connectivity index (χ0) is 20.9. The van der Waals surface area contributed by atoms with E-state index in [-0.39, 0.29) is 11.6 Å². The van der Waals surface area contributed by atoms with E-state index in [2.05, 4.69) is 20.2 Å². The highest BCUT2D eigenvalue weighted by Crippen LogP contribution is 2.29. The Labute approximate surface area is 173 Å². The molecule has 0 atom stereocenters. The van der Waals surface area contributed by atoms with E-state index in [9.17, 15) is 14.9 Å². The number of nitro benzene ring substituents is 1. The molecular weight excluding hydrogens is 384 g/mol. The van der Waals surface area contributed by atoms with Gasteiger partial charge in [-0.05, 0) is 24.3 Å². The molecule has 0 bridgehead atoms. The number of carbonyl (C=O) groups is 1. The number of nitro groups is 1. The van der Waals surface area contributed by atoms with Gasteiger partial charge in [0.1, 0.15) is 11.5 Å². The number of anilines is 3. The molecule has 3 aromatic rings. The van der Waals surface area contributed by atoms with E-state index in [1.807, 2.05) is 30.3 Å². The van der Waals surface area contributed by atoms with Crippen molar-refractivity contribution in [2.24, 2.45) is 0 Å². The molecule has 9 heteroatoms. The molecule has 0 radical (unpaired) electrons. The first-order valence-electron chi connectivity index (χ1n) is 9.52. The molecule has 1 aliphatic rings. The van der Waals surface area contributed by atoms with Gasteiger partial charge in [0.15, 0.2) is 0 Å². The van der Waals surface area contributed by atoms with Crippen molar-refractivity contribution in [3.63, 3.8) is 0 Å². The number of para-hydroxylation sites is 1. The first-order chi connectivity index (χ1) is 14.6. The van der Waals surface area contributed by atoms with E-state index in [4.69, 9.17) is 0 Å². The van der Waals surface area contributed by atoms with Gasteiger partial charge < -0.3 is 15.1 Å². The topological polar surface area (TPSA) is 104 Å². The maximum absolute atomic E-state index is 12.9. The van der Waals surface area contributed by atoms with Crippen molar-refractivity contribution in [3.05, 3.63) is 82.8 Å². The number of aromatic nitrogens is 2. The maximum atomic E-state index is 12.9. The van der Waals surface area contributed by atoms with Gasteiger partial charge in [0, 0.05) is 55.9 Å². The lowest BCUT2D eigenvalue weighted by Crippen LogP contribution is -2.49. The summed E-state index contributed by atoms with van der Waals surface area (Å²) in [6.45, 7) is 2.26. The maximum Gasteiger partial charge on any atom is 0.293 e. The summed E-state index contributed by atoms with van der Waals surface area (Å²) >= 11 is 0. The first-order valence-corrected chi connectivity index (χ1v) is 9.52. The zero-order valence-corrected chi connectivity index (χ0v) is 16.1. The number of benzene rings is 2. The smallest absolute Gasteiger partial charge is 0.293 e. The summed E-state index contributed by atoms with van der Waals surface area (Å²) < 4.78 is 0. The minimum atomic E-state index is -0.478. The Kier molecular flexibility index (Phi) is 5.51. The second-order valence-corrected chi connectivity index (χ2v) is 6.82. The molecule has 0 aliphatic carbocycles. The van der Waals surface area contributed by atoms with Gasteiger partial charge in [-0.3, -0.25) is 19.9 Å². The van der Waals surface area contributed by atoms with Crippen molar-refractivity contribution < 1.29 is 9.72 Å². The summed E-state index contributed by atoms with van der Waals surface area (Å²) in [4.78, 5) is 36.2. The molecule has 0 unspecified atom stereocenters. The normalized spacial score (nSPS) is 13.7. The minimum Gasteiger partial charge on any atom is -0.352 e. The molecule has 1 saturated heterocycles. The van der Waals surface area contributed by atoms with Crippen LogP contribution in [0.5, 0.6) is 0 Å². The molecule has 152 valence electrons. The average Bonchev–Trinajstić information content (AvgIpc) is 2.80. The van der Waals surface area contributed by atoms with E-state index >= 15 is 0 Å². The standard InChI is InChI=1S/C21H20N6O3/c28-21(26-12-10-25(11-13-26)20-15-22-8-9-23-20)16-6-7-18(19(14-16)27(29)30)24-17-4-2-1-3-5-17/h1-9,14-15,24H,10-13H2. The summed E-state index contributed by atoms with van der Waals surface area (Å²) in [5.74, 6) is 0.555. The third-order valence-electron chi connectivity index (χ3n) is 4.93. The van der Waals surface area contributed by atoms with Gasteiger partial charge in [-0.15, -0.1) is 0 Å². The molecule has 1 N–H and O–H groups in total. The second kappa shape index (κ2) is 8.56. The Balaban J connectivity index is 1.48. The Morgan fingerprint density at radius 3 is 2.47 bits per heavy atom. The van der Waals surface area contributed by atoms with Crippen LogP contribution >= 0.6 is 0 Å². The zero-order valence-electron chi connectivity index (χ0n) is 16.1. The molecule has 1 aromatic heterocycles. The van der Waals surface area contributed by atoms with Gasteiger partial charge in [-0.25, -0.2) is 4.98 Å². The molecule has 2 heterocycles. The van der Waals surface area contributed by atoms with Crippen LogP contribution in [0.15, 0.2) is 67.1 Å². The summed E-state index contributed by atoms with van der Waals surface area (Å²) in [6.07, 6.45) is 4.95. The van der Waals surface area contributed by atoms with Crippen molar-refractivity contribution in [1.82, 2.24) is 14.9 Å². The van der Waals surface area contributed by atoms with Gasteiger partial charge in [0.05, 0.1) is 11.1 Å². The molecule has 0 spiro atoms. The summed E-state index contributed by atoms with van der Waals surface area (Å²) in [5.41, 5.74) is 1.24. The second-order valence-electron chi connectivity index (χ2n) is 6.82. The lowest BCUT2D eigenvalue weighted by Gasteiger charge is -2.35. The van der Waals surface area contributed by atoms with Crippen LogP contribution in [-0.2, 0) is 0 Å². The van der Waals surface area contributed by atoms with Crippen molar-refractivity contribution >= 4 is 28.8 Å². The Morgan fingerprint density at radius 1 is 1.03 bits per heavy atom. The highest BCUT2D eigenvalue weighted by molar-refractivity contribution is 5.96. The molecule has 1 amide bonds. The third-order valence-corrected chi connectivity index (χ3v) is 4.93. The Morgan fingerprint density at radius 2 is 1.80 bits per heavy atom. The molecule has 1 aliphatic heterocycles. The lowest BCUT2D eigenvalue weighted by atomic mass is 10.1. The Hall–Kier alpha value is -4.01. The highest BCUT2D eigenvalue weighted by Gasteiger charge is 2.25. The lowest BCUT2D eigenvalue weighted by molar-refractivity contribution is -0.383. The van der Waals surface area contributed by atoms with Crippen LogP contribution in [0.3, 0.4) is 0 Å². The van der Waals surface area contributed by atoms with Gasteiger partial charge in [-0.2, -0.15) is 0 Å². The highest BCUT2D eigenvalue weighted by atomic mass is 16.6.